The monoisotopic (exact) mass is 358 g/mol. The summed E-state index contributed by atoms with van der Waals surface area (Å²) in [6, 6.07) is 0. The van der Waals surface area contributed by atoms with Crippen molar-refractivity contribution in [3.8, 4) is 0 Å². The molecule has 0 aliphatic heterocycles. The molecule has 1 unspecified atom stereocenters. The molecule has 0 amide bonds. The molecule has 0 saturated heterocycles. The minimum Gasteiger partial charge on any atom is -0.0683 e. The summed E-state index contributed by atoms with van der Waals surface area (Å²) < 4.78 is 0. The van der Waals surface area contributed by atoms with Crippen molar-refractivity contribution in [1.82, 2.24) is 0 Å². The zero-order chi connectivity index (χ0) is 21.6. The molecule has 0 aromatic heterocycles. The molecule has 0 spiro atoms. The van der Waals surface area contributed by atoms with E-state index in [1.807, 2.05) is 41.5 Å². The SMILES string of the molecule is CC.CC.CC.CC(C)CC(C(C)(C)CC(C)(C)C)C(C)(C)C(C)C. The van der Waals surface area contributed by atoms with Gasteiger partial charge in [-0.05, 0) is 46.8 Å². The van der Waals surface area contributed by atoms with Gasteiger partial charge in [-0.1, -0.05) is 118 Å². The fourth-order valence-electron chi connectivity index (χ4n) is 3.99. The van der Waals surface area contributed by atoms with Crippen LogP contribution in [0.15, 0.2) is 0 Å². The average molecular weight is 359 g/mol. The summed E-state index contributed by atoms with van der Waals surface area (Å²) in [6.45, 7) is 38.6. The van der Waals surface area contributed by atoms with E-state index >= 15 is 0 Å². The van der Waals surface area contributed by atoms with Crippen LogP contribution in [-0.2, 0) is 0 Å². The quantitative estimate of drug-likeness (QED) is 0.443. The van der Waals surface area contributed by atoms with Gasteiger partial charge < -0.3 is 0 Å². The van der Waals surface area contributed by atoms with Gasteiger partial charge in [0.1, 0.15) is 0 Å². The topological polar surface area (TPSA) is 0 Å². The molecule has 0 aliphatic rings. The fraction of sp³-hybridized carbons (Fsp3) is 1.00. The minimum absolute atomic E-state index is 0.399. The smallest absolute Gasteiger partial charge is 0.0298 e. The van der Waals surface area contributed by atoms with Crippen LogP contribution in [0.1, 0.15) is 131 Å². The molecule has 25 heavy (non-hydrogen) atoms. The van der Waals surface area contributed by atoms with Crippen LogP contribution in [0, 0.1) is 34.0 Å². The van der Waals surface area contributed by atoms with E-state index in [4.69, 9.17) is 0 Å². The van der Waals surface area contributed by atoms with Crippen molar-refractivity contribution in [2.45, 2.75) is 131 Å². The lowest BCUT2D eigenvalue weighted by Gasteiger charge is -2.50. The Labute approximate surface area is 165 Å². The Kier molecular flexibility index (Phi) is 19.7. The van der Waals surface area contributed by atoms with E-state index in [1.54, 1.807) is 0 Å². The van der Waals surface area contributed by atoms with Gasteiger partial charge in [0.05, 0.1) is 0 Å². The molecule has 0 saturated carbocycles. The van der Waals surface area contributed by atoms with Crippen molar-refractivity contribution in [2.75, 3.05) is 0 Å². The summed E-state index contributed by atoms with van der Waals surface area (Å²) in [5.74, 6) is 2.29. The Morgan fingerprint density at radius 2 is 0.920 bits per heavy atom. The Balaban J connectivity index is -0.000000329. The molecule has 1 atom stereocenters. The second kappa shape index (κ2) is 15.1. The van der Waals surface area contributed by atoms with Gasteiger partial charge in [-0.3, -0.25) is 0 Å². The van der Waals surface area contributed by atoms with E-state index in [9.17, 15) is 0 Å². The van der Waals surface area contributed by atoms with Crippen LogP contribution >= 0.6 is 0 Å². The van der Waals surface area contributed by atoms with Gasteiger partial charge in [-0.15, -0.1) is 0 Å². The van der Waals surface area contributed by atoms with Gasteiger partial charge in [0, 0.05) is 0 Å². The third kappa shape index (κ3) is 14.8. The first-order valence-corrected chi connectivity index (χ1v) is 11.2. The molecular weight excluding hydrogens is 300 g/mol. The molecule has 0 aromatic rings. The van der Waals surface area contributed by atoms with Gasteiger partial charge in [0.25, 0.3) is 0 Å². The van der Waals surface area contributed by atoms with Crippen molar-refractivity contribution >= 4 is 0 Å². The van der Waals surface area contributed by atoms with Crippen molar-refractivity contribution < 1.29 is 0 Å². The van der Waals surface area contributed by atoms with E-state index in [0.29, 0.717) is 16.2 Å². The normalized spacial score (nSPS) is 13.1. The summed E-state index contributed by atoms with van der Waals surface area (Å²) in [5.41, 5.74) is 1.21. The molecule has 0 nitrogen and oxygen atoms in total. The van der Waals surface area contributed by atoms with Crippen LogP contribution in [0.5, 0.6) is 0 Å². The van der Waals surface area contributed by atoms with Crippen molar-refractivity contribution in [2.24, 2.45) is 34.0 Å². The van der Waals surface area contributed by atoms with Gasteiger partial charge in [0.15, 0.2) is 0 Å². The molecule has 0 fully saturated rings. The molecule has 0 radical (unpaired) electrons. The summed E-state index contributed by atoms with van der Waals surface area (Å²) in [4.78, 5) is 0. The minimum atomic E-state index is 0.399. The standard InChI is InChI=1S/C19H40.3C2H6/c1-14(2)12-16(19(10,11)15(3)4)18(8,9)13-17(5,6)7;3*1-2/h14-16H,12-13H2,1-11H3;3*1-2H3. The van der Waals surface area contributed by atoms with E-state index in [-0.39, 0.29) is 0 Å². The van der Waals surface area contributed by atoms with Crippen LogP contribution < -0.4 is 0 Å². The van der Waals surface area contributed by atoms with Crippen LogP contribution in [0.4, 0.5) is 0 Å². The van der Waals surface area contributed by atoms with Crippen molar-refractivity contribution in [1.29, 1.82) is 0 Å². The van der Waals surface area contributed by atoms with Crippen LogP contribution in [-0.4, -0.2) is 0 Å². The molecule has 0 rings (SSSR count). The molecule has 0 aromatic carbocycles. The Morgan fingerprint density at radius 3 is 1.12 bits per heavy atom. The summed E-state index contributed by atoms with van der Waals surface area (Å²) >= 11 is 0. The van der Waals surface area contributed by atoms with Gasteiger partial charge >= 0.3 is 0 Å². The predicted octanol–water partition coefficient (Wildman–Crippen LogP) is 9.87. The molecule has 158 valence electrons. The summed E-state index contributed by atoms with van der Waals surface area (Å²) in [6.07, 6.45) is 2.64. The van der Waals surface area contributed by atoms with Crippen molar-refractivity contribution in [3.05, 3.63) is 0 Å². The van der Waals surface area contributed by atoms with Crippen LogP contribution in [0.25, 0.3) is 0 Å². The maximum atomic E-state index is 2.50. The Hall–Kier alpha value is 0. The highest BCUT2D eigenvalue weighted by atomic mass is 14.5. The third-order valence-electron chi connectivity index (χ3n) is 5.02. The molecule has 0 bridgehead atoms. The van der Waals surface area contributed by atoms with Crippen LogP contribution in [0.2, 0.25) is 0 Å². The number of hydrogen-bond donors (Lipinski definition) is 0. The maximum absolute atomic E-state index is 2.50. The Morgan fingerprint density at radius 1 is 0.600 bits per heavy atom. The molecule has 0 N–H and O–H groups in total. The maximum Gasteiger partial charge on any atom is -0.0298 e. The first-order valence-electron chi connectivity index (χ1n) is 11.2. The lowest BCUT2D eigenvalue weighted by Crippen LogP contribution is -2.42. The zero-order valence-electron chi connectivity index (χ0n) is 21.6. The molecule has 0 heterocycles. The fourth-order valence-corrected chi connectivity index (χ4v) is 3.99. The second-order valence-corrected chi connectivity index (χ2v) is 9.88. The molecule has 0 aliphatic carbocycles. The Bertz CT molecular complexity index is 260. The van der Waals surface area contributed by atoms with Gasteiger partial charge in [-0.25, -0.2) is 0 Å². The van der Waals surface area contributed by atoms with Gasteiger partial charge in [-0.2, -0.15) is 0 Å². The summed E-state index contributed by atoms with van der Waals surface area (Å²) in [5, 5.41) is 0. The highest BCUT2D eigenvalue weighted by Crippen LogP contribution is 2.52. The predicted molar refractivity (Wildman–Crippen MR) is 123 cm³/mol. The van der Waals surface area contributed by atoms with E-state index < -0.39 is 0 Å². The number of rotatable bonds is 6. The van der Waals surface area contributed by atoms with E-state index in [0.717, 1.165) is 17.8 Å². The lowest BCUT2D eigenvalue weighted by molar-refractivity contribution is -0.00503. The largest absolute Gasteiger partial charge is 0.0683 e. The summed E-state index contributed by atoms with van der Waals surface area (Å²) in [7, 11) is 0. The average Bonchev–Trinajstić information content (AvgIpc) is 2.48. The highest BCUT2D eigenvalue weighted by molar-refractivity contribution is 4.93. The zero-order valence-corrected chi connectivity index (χ0v) is 21.6. The van der Waals surface area contributed by atoms with E-state index in [1.165, 1.54) is 12.8 Å². The lowest BCUT2D eigenvalue weighted by atomic mass is 9.55. The molecular formula is C25H58. The van der Waals surface area contributed by atoms with Gasteiger partial charge in [0.2, 0.25) is 0 Å². The first-order chi connectivity index (χ1) is 11.2. The third-order valence-corrected chi connectivity index (χ3v) is 5.02. The number of hydrogen-bond acceptors (Lipinski definition) is 0. The molecule has 0 heteroatoms. The second-order valence-electron chi connectivity index (χ2n) is 9.88. The van der Waals surface area contributed by atoms with E-state index in [2.05, 4.69) is 76.2 Å². The van der Waals surface area contributed by atoms with Crippen LogP contribution in [0.3, 0.4) is 0 Å². The van der Waals surface area contributed by atoms with Crippen molar-refractivity contribution in [3.63, 3.8) is 0 Å². The highest BCUT2D eigenvalue weighted by Gasteiger charge is 2.43. The first kappa shape index (κ1) is 32.7.